The van der Waals surface area contributed by atoms with Crippen LogP contribution in [0.25, 0.3) is 0 Å². The highest BCUT2D eigenvalue weighted by Gasteiger charge is 2.49. The summed E-state index contributed by atoms with van der Waals surface area (Å²) in [6.07, 6.45) is 2.17. The SMILES string of the molecule is COc1ccc2c(c1)C1(C)CCN(C)[C@H](C2)C1Cl. The quantitative estimate of drug-likeness (QED) is 0.724. The third-order valence-corrected chi connectivity index (χ3v) is 5.63. The van der Waals surface area contributed by atoms with Gasteiger partial charge in [0.2, 0.25) is 0 Å². The Hall–Kier alpha value is -0.730. The fourth-order valence-corrected chi connectivity index (χ4v) is 4.03. The van der Waals surface area contributed by atoms with Gasteiger partial charge in [0.25, 0.3) is 0 Å². The highest BCUT2D eigenvalue weighted by Crippen LogP contribution is 2.47. The van der Waals surface area contributed by atoms with Crippen LogP contribution in [0.1, 0.15) is 24.5 Å². The van der Waals surface area contributed by atoms with Crippen LogP contribution in [0.2, 0.25) is 0 Å². The molecule has 2 nitrogen and oxygen atoms in total. The minimum Gasteiger partial charge on any atom is -0.497 e. The number of likely N-dealkylation sites (tertiary alicyclic amines) is 1. The van der Waals surface area contributed by atoms with Crippen molar-refractivity contribution in [1.82, 2.24) is 4.90 Å². The molecule has 1 fully saturated rings. The van der Waals surface area contributed by atoms with Crippen molar-refractivity contribution < 1.29 is 4.74 Å². The lowest BCUT2D eigenvalue weighted by molar-refractivity contribution is 0.118. The van der Waals surface area contributed by atoms with E-state index < -0.39 is 0 Å². The van der Waals surface area contributed by atoms with Crippen LogP contribution in [0.4, 0.5) is 0 Å². The average Bonchev–Trinajstić information content (AvgIpc) is 2.38. The number of alkyl halides is 1. The number of halogens is 1. The van der Waals surface area contributed by atoms with Crippen LogP contribution < -0.4 is 4.74 Å². The Morgan fingerprint density at radius 3 is 2.94 bits per heavy atom. The number of fused-ring (bicyclic) bond motifs is 4. The fourth-order valence-electron chi connectivity index (χ4n) is 3.52. The number of ether oxygens (including phenoxy) is 1. The van der Waals surface area contributed by atoms with Crippen molar-refractivity contribution in [3.05, 3.63) is 29.3 Å². The van der Waals surface area contributed by atoms with Crippen molar-refractivity contribution >= 4 is 11.6 Å². The molecule has 1 aliphatic carbocycles. The van der Waals surface area contributed by atoms with Crippen LogP contribution >= 0.6 is 11.6 Å². The van der Waals surface area contributed by atoms with Crippen LogP contribution in [0, 0.1) is 0 Å². The molecule has 0 aromatic heterocycles. The highest BCUT2D eigenvalue weighted by molar-refractivity contribution is 6.22. The standard InChI is InChI=1S/C15H20ClNO/c1-15-6-7-17(2)13(14(15)16)8-10-4-5-11(18-3)9-12(10)15/h4-5,9,13-14H,6-8H2,1-3H3/t13-,14?,15?/m1/s1. The maximum atomic E-state index is 6.76. The van der Waals surface area contributed by atoms with E-state index in [0.29, 0.717) is 6.04 Å². The van der Waals surface area contributed by atoms with Crippen molar-refractivity contribution in [3.8, 4) is 5.75 Å². The Bertz CT molecular complexity index is 476. The Morgan fingerprint density at radius 1 is 1.44 bits per heavy atom. The van der Waals surface area contributed by atoms with Gasteiger partial charge in [-0.05, 0) is 49.7 Å². The molecule has 0 spiro atoms. The van der Waals surface area contributed by atoms with E-state index in [-0.39, 0.29) is 10.8 Å². The van der Waals surface area contributed by atoms with Gasteiger partial charge < -0.3 is 9.64 Å². The van der Waals surface area contributed by atoms with E-state index in [1.807, 2.05) is 0 Å². The summed E-state index contributed by atoms with van der Waals surface area (Å²) in [6, 6.07) is 6.92. The number of methoxy groups -OCH3 is 1. The lowest BCUT2D eigenvalue weighted by atomic mass is 9.64. The summed E-state index contributed by atoms with van der Waals surface area (Å²) in [5.74, 6) is 0.941. The normalized spacial score (nSPS) is 35.1. The van der Waals surface area contributed by atoms with E-state index in [9.17, 15) is 0 Å². The predicted molar refractivity (Wildman–Crippen MR) is 74.7 cm³/mol. The average molecular weight is 266 g/mol. The summed E-state index contributed by atoms with van der Waals surface area (Å²) in [6.45, 7) is 3.43. The molecular weight excluding hydrogens is 246 g/mol. The first-order valence-corrected chi connectivity index (χ1v) is 7.01. The maximum absolute atomic E-state index is 6.76. The second-order valence-corrected chi connectivity index (χ2v) is 6.31. The van der Waals surface area contributed by atoms with Gasteiger partial charge in [-0.3, -0.25) is 0 Å². The molecule has 0 N–H and O–H groups in total. The molecule has 3 heteroatoms. The van der Waals surface area contributed by atoms with Crippen molar-refractivity contribution in [3.63, 3.8) is 0 Å². The predicted octanol–water partition coefficient (Wildman–Crippen LogP) is 2.82. The second kappa shape index (κ2) is 4.14. The molecule has 2 unspecified atom stereocenters. The lowest BCUT2D eigenvalue weighted by Gasteiger charge is -2.52. The zero-order valence-electron chi connectivity index (χ0n) is 11.2. The third kappa shape index (κ3) is 1.59. The first kappa shape index (κ1) is 12.3. The van der Waals surface area contributed by atoms with Gasteiger partial charge in [0.05, 0.1) is 12.5 Å². The van der Waals surface area contributed by atoms with Crippen LogP contribution in [-0.4, -0.2) is 37.0 Å². The summed E-state index contributed by atoms with van der Waals surface area (Å²) in [4.78, 5) is 2.41. The maximum Gasteiger partial charge on any atom is 0.119 e. The summed E-state index contributed by atoms with van der Waals surface area (Å²) < 4.78 is 5.37. The van der Waals surface area contributed by atoms with E-state index >= 15 is 0 Å². The molecule has 2 aliphatic rings. The third-order valence-electron chi connectivity index (χ3n) is 4.86. The summed E-state index contributed by atoms with van der Waals surface area (Å²) in [7, 11) is 3.91. The molecule has 2 bridgehead atoms. The number of nitrogens with zero attached hydrogens (tertiary/aromatic N) is 1. The number of rotatable bonds is 1. The number of benzene rings is 1. The lowest BCUT2D eigenvalue weighted by Crippen LogP contribution is -2.58. The van der Waals surface area contributed by atoms with Crippen LogP contribution in [0.5, 0.6) is 5.75 Å². The molecule has 0 radical (unpaired) electrons. The van der Waals surface area contributed by atoms with Crippen LogP contribution in [-0.2, 0) is 11.8 Å². The van der Waals surface area contributed by atoms with Crippen molar-refractivity contribution in [2.75, 3.05) is 20.7 Å². The Morgan fingerprint density at radius 2 is 2.22 bits per heavy atom. The summed E-state index contributed by atoms with van der Waals surface area (Å²) >= 11 is 6.76. The molecule has 98 valence electrons. The summed E-state index contributed by atoms with van der Waals surface area (Å²) in [5.41, 5.74) is 2.92. The zero-order valence-corrected chi connectivity index (χ0v) is 12.0. The van der Waals surface area contributed by atoms with E-state index in [1.165, 1.54) is 11.1 Å². The molecule has 18 heavy (non-hydrogen) atoms. The molecule has 1 heterocycles. The second-order valence-electron chi connectivity index (χ2n) is 5.84. The smallest absolute Gasteiger partial charge is 0.119 e. The van der Waals surface area contributed by atoms with E-state index in [0.717, 1.165) is 25.1 Å². The first-order valence-electron chi connectivity index (χ1n) is 6.58. The molecule has 3 atom stereocenters. The fraction of sp³-hybridized carbons (Fsp3) is 0.600. The number of hydrogen-bond acceptors (Lipinski definition) is 2. The minimum atomic E-state index is 0.0842. The molecule has 3 rings (SSSR count). The van der Waals surface area contributed by atoms with Crippen LogP contribution in [0.3, 0.4) is 0 Å². The Balaban J connectivity index is 2.13. The monoisotopic (exact) mass is 265 g/mol. The molecular formula is C15H20ClNO. The number of likely N-dealkylation sites (N-methyl/N-ethyl adjacent to an activating group) is 1. The Kier molecular flexibility index (Phi) is 2.83. The molecule has 1 aromatic rings. The molecule has 1 aliphatic heterocycles. The van der Waals surface area contributed by atoms with Gasteiger partial charge in [0.15, 0.2) is 0 Å². The van der Waals surface area contributed by atoms with E-state index in [1.54, 1.807) is 7.11 Å². The zero-order chi connectivity index (χ0) is 12.9. The van der Waals surface area contributed by atoms with Crippen molar-refractivity contribution in [2.24, 2.45) is 0 Å². The summed E-state index contributed by atoms with van der Waals surface area (Å²) in [5, 5.41) is 0.191. The number of piperidine rings is 1. The molecule has 0 saturated carbocycles. The number of hydrogen-bond donors (Lipinski definition) is 0. The topological polar surface area (TPSA) is 12.5 Å². The van der Waals surface area contributed by atoms with Crippen LogP contribution in [0.15, 0.2) is 18.2 Å². The van der Waals surface area contributed by atoms with Gasteiger partial charge in [-0.2, -0.15) is 0 Å². The van der Waals surface area contributed by atoms with Gasteiger partial charge in [-0.1, -0.05) is 13.0 Å². The Labute approximate surface area is 114 Å². The van der Waals surface area contributed by atoms with Gasteiger partial charge in [-0.25, -0.2) is 0 Å². The van der Waals surface area contributed by atoms with Crippen molar-refractivity contribution in [1.29, 1.82) is 0 Å². The molecule has 1 aromatic carbocycles. The molecule has 1 saturated heterocycles. The van der Waals surface area contributed by atoms with Crippen molar-refractivity contribution in [2.45, 2.75) is 36.6 Å². The van der Waals surface area contributed by atoms with E-state index in [2.05, 4.69) is 37.1 Å². The van der Waals surface area contributed by atoms with E-state index in [4.69, 9.17) is 16.3 Å². The van der Waals surface area contributed by atoms with Gasteiger partial charge in [0, 0.05) is 11.5 Å². The van der Waals surface area contributed by atoms with Gasteiger partial charge in [-0.15, -0.1) is 11.6 Å². The first-order chi connectivity index (χ1) is 8.56. The largest absolute Gasteiger partial charge is 0.497 e. The minimum absolute atomic E-state index is 0.0842. The highest BCUT2D eigenvalue weighted by atomic mass is 35.5. The van der Waals surface area contributed by atoms with Gasteiger partial charge >= 0.3 is 0 Å². The molecule has 0 amide bonds. The van der Waals surface area contributed by atoms with Gasteiger partial charge in [0.1, 0.15) is 5.75 Å².